The van der Waals surface area contributed by atoms with Gasteiger partial charge in [0.15, 0.2) is 11.4 Å². The minimum atomic E-state index is -0.761. The highest BCUT2D eigenvalue weighted by Gasteiger charge is 2.40. The number of halogens is 1. The van der Waals surface area contributed by atoms with Gasteiger partial charge >= 0.3 is 0 Å². The van der Waals surface area contributed by atoms with E-state index in [0.717, 1.165) is 25.7 Å². The van der Waals surface area contributed by atoms with E-state index in [-0.39, 0.29) is 34.0 Å². The average molecular weight is 467 g/mol. The van der Waals surface area contributed by atoms with Gasteiger partial charge in [0.1, 0.15) is 17.2 Å². The van der Waals surface area contributed by atoms with Crippen LogP contribution in [0.1, 0.15) is 54.7 Å². The number of carbonyl (C=O) groups excluding carboxylic acids is 1. The molecule has 1 fully saturated rings. The van der Waals surface area contributed by atoms with Crippen molar-refractivity contribution in [2.75, 3.05) is 24.7 Å². The van der Waals surface area contributed by atoms with E-state index >= 15 is 0 Å². The number of nitrogens with one attached hydrogen (secondary N) is 2. The maximum Gasteiger partial charge on any atom is 0.275 e. The smallest absolute Gasteiger partial charge is 0.275 e. The van der Waals surface area contributed by atoms with Gasteiger partial charge in [-0.3, -0.25) is 14.4 Å². The van der Waals surface area contributed by atoms with Gasteiger partial charge in [0.2, 0.25) is 0 Å². The van der Waals surface area contributed by atoms with Crippen LogP contribution in [0.4, 0.5) is 21.5 Å². The molecular weight excluding hydrogens is 439 g/mol. The summed E-state index contributed by atoms with van der Waals surface area (Å²) in [6.07, 6.45) is 5.00. The number of aromatic nitrogens is 1. The van der Waals surface area contributed by atoms with Gasteiger partial charge < -0.3 is 20.6 Å². The Kier molecular flexibility index (Phi) is 6.12. The molecule has 1 aliphatic rings. The molecule has 9 heteroatoms. The van der Waals surface area contributed by atoms with Crippen molar-refractivity contribution in [1.82, 2.24) is 9.88 Å². The van der Waals surface area contributed by atoms with Crippen molar-refractivity contribution in [3.63, 3.8) is 0 Å². The SMILES string of the molecule is CN(C)C(=O)c1nccc(Nc2c(N[C@@H](c3ccccc3F)C3(C)CCCC3)c(=O)c2=O)c1O. The molecule has 2 aromatic carbocycles. The summed E-state index contributed by atoms with van der Waals surface area (Å²) in [7, 11) is 3.05. The molecule has 0 unspecified atom stereocenters. The highest BCUT2D eigenvalue weighted by Crippen LogP contribution is 2.49. The highest BCUT2D eigenvalue weighted by atomic mass is 19.1. The fourth-order valence-corrected chi connectivity index (χ4v) is 4.66. The van der Waals surface area contributed by atoms with Crippen LogP contribution in [0.2, 0.25) is 0 Å². The first-order valence-electron chi connectivity index (χ1n) is 11.1. The highest BCUT2D eigenvalue weighted by molar-refractivity contribution is 5.97. The molecule has 1 atom stereocenters. The summed E-state index contributed by atoms with van der Waals surface area (Å²) in [5.74, 6) is -1.34. The Morgan fingerprint density at radius 1 is 1.12 bits per heavy atom. The molecule has 1 amide bonds. The van der Waals surface area contributed by atoms with E-state index in [1.807, 2.05) is 0 Å². The van der Waals surface area contributed by atoms with Gasteiger partial charge in [-0.05, 0) is 30.4 Å². The maximum absolute atomic E-state index is 14.8. The van der Waals surface area contributed by atoms with Crippen LogP contribution in [-0.4, -0.2) is 35.0 Å². The van der Waals surface area contributed by atoms with Gasteiger partial charge in [0.25, 0.3) is 16.8 Å². The second-order valence-electron chi connectivity index (χ2n) is 9.25. The number of anilines is 3. The lowest BCUT2D eigenvalue weighted by Gasteiger charge is -2.36. The van der Waals surface area contributed by atoms with Crippen LogP contribution in [0.5, 0.6) is 5.75 Å². The van der Waals surface area contributed by atoms with Gasteiger partial charge in [-0.1, -0.05) is 38.0 Å². The third-order valence-corrected chi connectivity index (χ3v) is 6.65. The molecule has 4 rings (SSSR count). The van der Waals surface area contributed by atoms with Crippen molar-refractivity contribution in [2.24, 2.45) is 5.41 Å². The van der Waals surface area contributed by atoms with Crippen LogP contribution in [0.3, 0.4) is 0 Å². The zero-order chi connectivity index (χ0) is 24.6. The average Bonchev–Trinajstić information content (AvgIpc) is 3.26. The number of rotatable bonds is 7. The van der Waals surface area contributed by atoms with Gasteiger partial charge in [-0.15, -0.1) is 0 Å². The van der Waals surface area contributed by atoms with Gasteiger partial charge in [-0.25, -0.2) is 9.37 Å². The Morgan fingerprint density at radius 3 is 2.41 bits per heavy atom. The summed E-state index contributed by atoms with van der Waals surface area (Å²) in [4.78, 5) is 42.4. The van der Waals surface area contributed by atoms with Crippen LogP contribution in [0, 0.1) is 11.2 Å². The summed E-state index contributed by atoms with van der Waals surface area (Å²) in [5.41, 5.74) is -1.51. The second-order valence-corrected chi connectivity index (χ2v) is 9.25. The number of nitrogens with zero attached hydrogens (tertiary/aromatic N) is 2. The zero-order valence-corrected chi connectivity index (χ0v) is 19.3. The van der Waals surface area contributed by atoms with Crippen LogP contribution in [0.15, 0.2) is 46.1 Å². The van der Waals surface area contributed by atoms with E-state index in [0.29, 0.717) is 5.56 Å². The molecule has 1 aliphatic carbocycles. The Bertz CT molecular complexity index is 1310. The van der Waals surface area contributed by atoms with E-state index < -0.39 is 28.6 Å². The quantitative estimate of drug-likeness (QED) is 0.455. The number of carbonyl (C=O) groups is 1. The maximum atomic E-state index is 14.8. The minimum absolute atomic E-state index is 0.0306. The molecule has 0 bridgehead atoms. The summed E-state index contributed by atoms with van der Waals surface area (Å²) >= 11 is 0. The Labute approximate surface area is 196 Å². The molecule has 1 aromatic heterocycles. The standard InChI is InChI=1S/C25H27FN4O4/c1-25(11-6-7-12-25)23(14-8-4-5-9-15(14)26)29-18-17(21(32)22(18)33)28-16-10-13-27-19(20(16)31)24(34)30(2)3/h4-5,8-10,13,23,29,31H,6-7,11-12H2,1-3H3,(H,27,28)/t23-/m0/s1. The lowest BCUT2D eigenvalue weighted by Crippen LogP contribution is -2.40. The molecule has 0 saturated heterocycles. The van der Waals surface area contributed by atoms with Crippen molar-refractivity contribution in [3.8, 4) is 5.75 Å². The monoisotopic (exact) mass is 466 g/mol. The zero-order valence-electron chi connectivity index (χ0n) is 19.3. The Morgan fingerprint density at radius 2 is 1.76 bits per heavy atom. The van der Waals surface area contributed by atoms with E-state index in [1.54, 1.807) is 18.2 Å². The molecule has 1 saturated carbocycles. The number of hydrogen-bond donors (Lipinski definition) is 3. The van der Waals surface area contributed by atoms with Gasteiger partial charge in [-0.2, -0.15) is 0 Å². The first kappa shape index (κ1) is 23.4. The topological polar surface area (TPSA) is 112 Å². The van der Waals surface area contributed by atoms with Crippen molar-refractivity contribution in [3.05, 3.63) is 74.0 Å². The minimum Gasteiger partial charge on any atom is -0.504 e. The molecule has 0 radical (unpaired) electrons. The van der Waals surface area contributed by atoms with Crippen molar-refractivity contribution < 1.29 is 14.3 Å². The largest absolute Gasteiger partial charge is 0.504 e. The number of pyridine rings is 1. The molecule has 1 heterocycles. The molecule has 34 heavy (non-hydrogen) atoms. The van der Waals surface area contributed by atoms with Crippen molar-refractivity contribution >= 4 is 23.0 Å². The molecule has 3 N–H and O–H groups in total. The third-order valence-electron chi connectivity index (χ3n) is 6.65. The van der Waals surface area contributed by atoms with Crippen LogP contribution < -0.4 is 21.5 Å². The lowest BCUT2D eigenvalue weighted by molar-refractivity contribution is 0.0819. The molecule has 178 valence electrons. The van der Waals surface area contributed by atoms with E-state index in [2.05, 4.69) is 22.5 Å². The molecule has 8 nitrogen and oxygen atoms in total. The predicted octanol–water partition coefficient (Wildman–Crippen LogP) is 3.70. The Hall–Kier alpha value is -3.75. The predicted molar refractivity (Wildman–Crippen MR) is 128 cm³/mol. The van der Waals surface area contributed by atoms with Crippen LogP contribution >= 0.6 is 0 Å². The normalized spacial score (nSPS) is 15.8. The number of aromatic hydroxyl groups is 1. The summed E-state index contributed by atoms with van der Waals surface area (Å²) in [6, 6.07) is 7.28. The van der Waals surface area contributed by atoms with Crippen LogP contribution in [-0.2, 0) is 0 Å². The van der Waals surface area contributed by atoms with Gasteiger partial charge in [0, 0.05) is 25.9 Å². The third kappa shape index (κ3) is 4.02. The Balaban J connectivity index is 1.70. The van der Waals surface area contributed by atoms with Crippen molar-refractivity contribution in [2.45, 2.75) is 38.6 Å². The first-order chi connectivity index (χ1) is 16.1. The van der Waals surface area contributed by atoms with E-state index in [4.69, 9.17) is 0 Å². The number of amides is 1. The van der Waals surface area contributed by atoms with Crippen LogP contribution in [0.25, 0.3) is 0 Å². The summed E-state index contributed by atoms with van der Waals surface area (Å²) in [6.45, 7) is 2.05. The molecule has 3 aromatic rings. The molecule has 0 spiro atoms. The van der Waals surface area contributed by atoms with E-state index in [1.165, 1.54) is 37.3 Å². The first-order valence-corrected chi connectivity index (χ1v) is 11.1. The number of hydrogen-bond acceptors (Lipinski definition) is 7. The molecular formula is C25H27FN4O4. The number of benzene rings is 1. The fraction of sp³-hybridized carbons (Fsp3) is 0.360. The molecule has 0 aliphatic heterocycles. The second kappa shape index (κ2) is 8.89. The summed E-state index contributed by atoms with van der Waals surface area (Å²) < 4.78 is 14.8. The van der Waals surface area contributed by atoms with Gasteiger partial charge in [0.05, 0.1) is 11.7 Å². The fourth-order valence-electron chi connectivity index (χ4n) is 4.66. The van der Waals surface area contributed by atoms with E-state index in [9.17, 15) is 23.9 Å². The lowest BCUT2D eigenvalue weighted by atomic mass is 9.76. The van der Waals surface area contributed by atoms with Crippen molar-refractivity contribution in [1.29, 1.82) is 0 Å². The summed E-state index contributed by atoms with van der Waals surface area (Å²) in [5, 5.41) is 16.5.